The first-order valence-corrected chi connectivity index (χ1v) is 33.0. The van der Waals surface area contributed by atoms with Crippen LogP contribution in [0.25, 0.3) is 0 Å². The van der Waals surface area contributed by atoms with Gasteiger partial charge in [0, 0.05) is 40.9 Å². The maximum absolute atomic E-state index is 11.2. The van der Waals surface area contributed by atoms with Crippen molar-refractivity contribution in [1.82, 2.24) is 0 Å². The fraction of sp³-hybridized carbons (Fsp3) is 0.615. The Labute approximate surface area is 528 Å². The number of hydrogen-bond acceptors (Lipinski definition) is 6. The third-order valence-electron chi connectivity index (χ3n) is 18.2. The summed E-state index contributed by atoms with van der Waals surface area (Å²) in [6.45, 7) is 55.9. The van der Waals surface area contributed by atoms with Crippen LogP contribution in [-0.4, -0.2) is 39.6 Å². The van der Waals surface area contributed by atoms with Crippen LogP contribution in [0.1, 0.15) is 308 Å². The van der Waals surface area contributed by atoms with E-state index in [-0.39, 0.29) is 32.5 Å². The summed E-state index contributed by atoms with van der Waals surface area (Å²) in [6.07, 6.45) is 8.31. The van der Waals surface area contributed by atoms with Crippen molar-refractivity contribution >= 4 is 21.6 Å². The smallest absolute Gasteiger partial charge is 0.122 e. The van der Waals surface area contributed by atoms with E-state index in [1.807, 2.05) is 51.4 Å². The highest BCUT2D eigenvalue weighted by molar-refractivity contribution is 9.10. The van der Waals surface area contributed by atoms with Crippen LogP contribution in [-0.2, 0) is 32.5 Å². The molecule has 5 aromatic carbocycles. The van der Waals surface area contributed by atoms with Crippen LogP contribution < -0.4 is 4.90 Å². The molecule has 0 amide bonds. The van der Waals surface area contributed by atoms with Crippen molar-refractivity contribution in [1.29, 1.82) is 0 Å². The van der Waals surface area contributed by atoms with Gasteiger partial charge in [-0.05, 0) is 200 Å². The van der Waals surface area contributed by atoms with Crippen LogP contribution in [0.15, 0.2) is 71.2 Å². The van der Waals surface area contributed by atoms with Crippen molar-refractivity contribution in [2.24, 2.45) is 17.8 Å². The summed E-state index contributed by atoms with van der Waals surface area (Å²) in [4.78, 5) is 2.08. The molecule has 9 rings (SSSR count). The van der Waals surface area contributed by atoms with Gasteiger partial charge in [-0.3, -0.25) is 0 Å². The van der Waals surface area contributed by atoms with Crippen LogP contribution >= 0.6 is 15.9 Å². The Hall–Kier alpha value is -4.62. The molecule has 4 saturated carbocycles. The monoisotopic (exact) mass is 1230 g/mol. The minimum absolute atomic E-state index is 0.0303. The lowest BCUT2D eigenvalue weighted by molar-refractivity contribution is -0.00625. The molecule has 0 heterocycles. The number of nitrogens with zero attached hydrogens (tertiary/aromatic N) is 1. The third kappa shape index (κ3) is 18.5. The number of phenols is 5. The number of rotatable bonds is 7. The van der Waals surface area contributed by atoms with Gasteiger partial charge in [0.15, 0.2) is 0 Å². The van der Waals surface area contributed by atoms with E-state index in [1.165, 1.54) is 55.2 Å². The van der Waals surface area contributed by atoms with Crippen LogP contribution in [0.4, 0.5) is 5.69 Å². The molecule has 5 N–H and O–H groups in total. The Morgan fingerprint density at radius 1 is 0.412 bits per heavy atom. The quantitative estimate of drug-likeness (QED) is 0.111. The Bertz CT molecular complexity index is 2990. The molecule has 0 radical (unpaired) electrons. The topological polar surface area (TPSA) is 104 Å². The summed E-state index contributed by atoms with van der Waals surface area (Å²) in [6, 6.07) is 23.0. The highest BCUT2D eigenvalue weighted by Gasteiger charge is 2.53. The van der Waals surface area contributed by atoms with Gasteiger partial charge in [-0.15, -0.1) is 0 Å². The maximum Gasteiger partial charge on any atom is 0.122 e. The van der Waals surface area contributed by atoms with Gasteiger partial charge in [0.05, 0.1) is 0 Å². The minimum atomic E-state index is -0.0419. The molecule has 4 bridgehead atoms. The van der Waals surface area contributed by atoms with Crippen molar-refractivity contribution in [2.45, 2.75) is 281 Å². The van der Waals surface area contributed by atoms with Gasteiger partial charge >= 0.3 is 0 Å². The van der Waals surface area contributed by atoms with Gasteiger partial charge in [0.25, 0.3) is 0 Å². The Balaban J connectivity index is 0.000000233. The molecule has 0 aromatic heterocycles. The van der Waals surface area contributed by atoms with Gasteiger partial charge in [0.2, 0.25) is 0 Å². The minimum Gasteiger partial charge on any atom is -0.507 e. The van der Waals surface area contributed by atoms with Crippen molar-refractivity contribution in [2.75, 3.05) is 19.0 Å². The van der Waals surface area contributed by atoms with Crippen molar-refractivity contribution in [3.05, 3.63) is 138 Å². The van der Waals surface area contributed by atoms with E-state index < -0.39 is 0 Å². The van der Waals surface area contributed by atoms with Crippen LogP contribution in [0, 0.1) is 24.7 Å². The highest BCUT2D eigenvalue weighted by atomic mass is 79.9. The molecule has 5 aromatic rings. The number of anilines is 1. The molecule has 0 unspecified atom stereocenters. The molecule has 474 valence electrons. The molecule has 85 heavy (non-hydrogen) atoms. The number of aromatic hydroxyl groups is 5. The average molecular weight is 1230 g/mol. The van der Waals surface area contributed by atoms with Crippen LogP contribution in [0.5, 0.6) is 28.7 Å². The van der Waals surface area contributed by atoms with Gasteiger partial charge in [-0.25, -0.2) is 0 Å². The second-order valence-electron chi connectivity index (χ2n) is 32.9. The standard InChI is InChI=1S/C23H34O.C17H28O.C15H25NO.C13H19BrO.C10H14O/c1-14(2)19-9-18(22(3,4)5)10-20(21(19)24)23-11-15-6-16(12-23)8-17(7-15)13-23;1-11(2)13-9-12(16(3,4)5)10-14(15(13)18)17(6,7)8;1-10(2)12-8-11(16(6)7)9-13(14(12)17)15(3,4)5;1-8(2)10-6-9(14)7-11(12(10)15)13(3,4)5;1-7(2)9-6-4-5-8(3)10(9)11/h9-10,14-17,24H,6-8,11-13H2,1-5H3;9-11,18H,1-8H3;8-10,17H,1-7H3;6-8,15H,1-5H3;4-7,11H,1-3H3. The van der Waals surface area contributed by atoms with E-state index in [0.29, 0.717) is 58.3 Å². The third-order valence-corrected chi connectivity index (χ3v) is 18.6. The molecule has 0 aliphatic heterocycles. The lowest BCUT2D eigenvalue weighted by atomic mass is 9.47. The molecule has 6 nitrogen and oxygen atoms in total. The summed E-state index contributed by atoms with van der Waals surface area (Å²) >= 11 is 3.50. The second kappa shape index (κ2) is 27.8. The van der Waals surface area contributed by atoms with E-state index >= 15 is 0 Å². The van der Waals surface area contributed by atoms with Gasteiger partial charge < -0.3 is 30.4 Å². The van der Waals surface area contributed by atoms with Crippen molar-refractivity contribution < 1.29 is 25.5 Å². The molecular weight excluding hydrogens is 1110 g/mol. The zero-order valence-corrected chi connectivity index (χ0v) is 60.4. The number of para-hydroxylation sites is 1. The van der Waals surface area contributed by atoms with Crippen molar-refractivity contribution in [3.8, 4) is 28.7 Å². The van der Waals surface area contributed by atoms with Gasteiger partial charge in [-0.2, -0.15) is 0 Å². The first-order chi connectivity index (χ1) is 38.6. The fourth-order valence-corrected chi connectivity index (χ4v) is 13.6. The number of hydrogen-bond donors (Lipinski definition) is 5. The predicted octanol–water partition coefficient (Wildman–Crippen LogP) is 22.7. The molecular formula is C78H120BrNO5. The van der Waals surface area contributed by atoms with Gasteiger partial charge in [0.1, 0.15) is 28.7 Å². The molecule has 4 aliphatic carbocycles. The lowest BCUT2D eigenvalue weighted by Gasteiger charge is -2.57. The normalized spacial score (nSPS) is 18.6. The maximum atomic E-state index is 11.2. The largest absolute Gasteiger partial charge is 0.507 e. The zero-order chi connectivity index (χ0) is 65.2. The molecule has 7 heteroatoms. The average Bonchev–Trinajstić information content (AvgIpc) is 0.774. The summed E-state index contributed by atoms with van der Waals surface area (Å²) in [5.41, 5.74) is 14.9. The van der Waals surface area contributed by atoms with Crippen LogP contribution in [0.2, 0.25) is 0 Å². The Morgan fingerprint density at radius 3 is 1.11 bits per heavy atom. The molecule has 0 atom stereocenters. The summed E-state index contributed by atoms with van der Waals surface area (Å²) < 4.78 is 1.04. The predicted molar refractivity (Wildman–Crippen MR) is 371 cm³/mol. The summed E-state index contributed by atoms with van der Waals surface area (Å²) in [7, 11) is 4.06. The number of phenolic OH excluding ortho intramolecular Hbond substituents is 5. The fourth-order valence-electron chi connectivity index (χ4n) is 13.2. The van der Waals surface area contributed by atoms with E-state index in [1.54, 1.807) is 0 Å². The second-order valence-corrected chi connectivity index (χ2v) is 33.8. The van der Waals surface area contributed by atoms with E-state index in [2.05, 4.69) is 230 Å². The number of aryl methyl sites for hydroxylation is 1. The SMILES string of the molecule is CC(C)c1cc(Br)cc(C(C)(C)C)c1O.CC(C)c1cc(C(C)(C)C)cc(C(C)(C)C)c1O.CC(C)c1cc(C(C)(C)C)cc(C23CC4CC(CC(C4)C2)C3)c1O.CC(C)c1cc(N(C)C)cc(C(C)(C)C)c1O.Cc1cccc(C(C)C)c1O. The summed E-state index contributed by atoms with van der Waals surface area (Å²) in [5, 5.41) is 51.8. The van der Waals surface area contributed by atoms with E-state index in [0.717, 1.165) is 78.0 Å². The van der Waals surface area contributed by atoms with E-state index in [9.17, 15) is 25.5 Å². The highest BCUT2D eigenvalue weighted by Crippen LogP contribution is 2.62. The zero-order valence-electron chi connectivity index (χ0n) is 58.8. The first-order valence-electron chi connectivity index (χ1n) is 32.2. The number of halogens is 1. The van der Waals surface area contributed by atoms with Crippen LogP contribution in [0.3, 0.4) is 0 Å². The Morgan fingerprint density at radius 2 is 0.753 bits per heavy atom. The first kappa shape index (κ1) is 72.9. The number of benzene rings is 5. The summed E-state index contributed by atoms with van der Waals surface area (Å²) in [5.74, 6) is 6.97. The lowest BCUT2D eigenvalue weighted by Crippen LogP contribution is -2.48. The van der Waals surface area contributed by atoms with Crippen molar-refractivity contribution in [3.63, 3.8) is 0 Å². The molecule has 0 spiro atoms. The molecule has 4 aliphatic rings. The molecule has 4 fully saturated rings. The Kier molecular flexibility index (Phi) is 23.9. The van der Waals surface area contributed by atoms with E-state index in [4.69, 9.17) is 0 Å². The molecule has 0 saturated heterocycles. The van der Waals surface area contributed by atoms with Gasteiger partial charge in [-0.1, -0.05) is 231 Å².